The van der Waals surface area contributed by atoms with Crippen LogP contribution in [0.4, 0.5) is 0 Å². The zero-order valence-corrected chi connectivity index (χ0v) is 22.4. The highest BCUT2D eigenvalue weighted by Crippen LogP contribution is 2.30. The molecular formula is C22H31Cl2N5O4S2. The van der Waals surface area contributed by atoms with E-state index in [4.69, 9.17) is 33.7 Å². The van der Waals surface area contributed by atoms with Crippen molar-refractivity contribution in [1.82, 2.24) is 20.9 Å². The molecule has 2 aliphatic heterocycles. The van der Waals surface area contributed by atoms with Gasteiger partial charge in [-0.15, -0.1) is 11.8 Å². The van der Waals surface area contributed by atoms with E-state index in [1.54, 1.807) is 17.2 Å². The Balaban J connectivity index is 1.24. The van der Waals surface area contributed by atoms with Gasteiger partial charge >= 0.3 is 0 Å². The van der Waals surface area contributed by atoms with Crippen LogP contribution in [0, 0.1) is 5.92 Å². The van der Waals surface area contributed by atoms with Gasteiger partial charge in [-0.1, -0.05) is 47.1 Å². The smallest absolute Gasteiger partial charge is 0.268 e. The maximum atomic E-state index is 12.3. The van der Waals surface area contributed by atoms with Crippen molar-refractivity contribution in [1.29, 1.82) is 0 Å². The molecule has 13 heteroatoms. The average molecular weight is 565 g/mol. The fourth-order valence-corrected chi connectivity index (χ4v) is 6.30. The van der Waals surface area contributed by atoms with Crippen LogP contribution in [-0.4, -0.2) is 78.5 Å². The van der Waals surface area contributed by atoms with Gasteiger partial charge in [0.15, 0.2) is 0 Å². The van der Waals surface area contributed by atoms with Gasteiger partial charge in [-0.3, -0.25) is 19.3 Å². The molecule has 0 saturated carbocycles. The van der Waals surface area contributed by atoms with Crippen LogP contribution >= 0.6 is 46.7 Å². The van der Waals surface area contributed by atoms with Crippen molar-refractivity contribution in [2.24, 2.45) is 11.7 Å². The summed E-state index contributed by atoms with van der Waals surface area (Å²) in [6.45, 7) is 3.45. The maximum Gasteiger partial charge on any atom is 0.268 e. The van der Waals surface area contributed by atoms with Gasteiger partial charge in [0.25, 0.3) is 5.91 Å². The molecule has 3 atom stereocenters. The molecule has 9 nitrogen and oxygen atoms in total. The molecule has 0 aromatic heterocycles. The third-order valence-corrected chi connectivity index (χ3v) is 8.73. The molecule has 2 heterocycles. The number of hydrogen-bond donors (Lipinski definition) is 4. The zero-order valence-electron chi connectivity index (χ0n) is 19.3. The molecule has 3 aliphatic rings. The minimum Gasteiger partial charge on any atom is -0.374 e. The number of carbonyl (C=O) groups is 3. The van der Waals surface area contributed by atoms with E-state index in [1.807, 2.05) is 12.2 Å². The summed E-state index contributed by atoms with van der Waals surface area (Å²) in [6, 6.07) is 0. The summed E-state index contributed by atoms with van der Waals surface area (Å²) < 4.78 is 5.82. The van der Waals surface area contributed by atoms with E-state index in [0.717, 1.165) is 38.2 Å². The number of carbonyl (C=O) groups excluding carboxylic acids is 3. The van der Waals surface area contributed by atoms with Crippen LogP contribution < -0.4 is 21.7 Å². The average Bonchev–Trinajstić information content (AvgIpc) is 3.31. The number of nitrogens with zero attached hydrogens (tertiary/aromatic N) is 1. The molecular weight excluding hydrogens is 533 g/mol. The quantitative estimate of drug-likeness (QED) is 0.264. The number of amides is 3. The SMILES string of the molecule is NC(=O)CNC(=O)C1=CSC(SCCCC(=O)NC[C@H]2CN(CC3C=C(Cl)C(Cl)=CC3)CCO2)N1. The number of ether oxygens (including phenoxy) is 1. The Morgan fingerprint density at radius 3 is 2.89 bits per heavy atom. The Kier molecular flexibility index (Phi) is 11.6. The first-order chi connectivity index (χ1) is 16.8. The lowest BCUT2D eigenvalue weighted by molar-refractivity contribution is -0.122. The highest BCUT2D eigenvalue weighted by atomic mass is 35.5. The van der Waals surface area contributed by atoms with Crippen LogP contribution in [0.15, 0.2) is 33.3 Å². The first kappa shape index (κ1) is 28.2. The summed E-state index contributed by atoms with van der Waals surface area (Å²) in [6.07, 6.45) is 5.98. The summed E-state index contributed by atoms with van der Waals surface area (Å²) in [7, 11) is 0. The molecule has 0 spiro atoms. The lowest BCUT2D eigenvalue weighted by atomic mass is 9.99. The summed E-state index contributed by atoms with van der Waals surface area (Å²) >= 11 is 15.3. The zero-order chi connectivity index (χ0) is 25.2. The molecule has 0 aromatic carbocycles. The standard InChI is InChI=1S/C22H31Cl2N5O4S2/c23-16-4-3-14(8-17(16)24)11-29-5-6-33-15(12-29)9-26-20(31)2-1-7-34-22-28-18(13-35-22)21(32)27-10-19(25)30/h4,8,13-15,22,28H,1-3,5-7,9-12H2,(H2,25,30)(H,26,31)(H,27,32)/t14?,15-,22?/m0/s1. The third-order valence-electron chi connectivity index (χ3n) is 5.52. The number of nitrogens with one attached hydrogen (secondary N) is 3. The van der Waals surface area contributed by atoms with Crippen LogP contribution in [0.1, 0.15) is 19.3 Å². The minimum atomic E-state index is -0.591. The highest BCUT2D eigenvalue weighted by molar-refractivity contribution is 8.18. The molecule has 0 aromatic rings. The third kappa shape index (κ3) is 9.89. The topological polar surface area (TPSA) is 126 Å². The Morgan fingerprint density at radius 1 is 1.29 bits per heavy atom. The van der Waals surface area contributed by atoms with Crippen molar-refractivity contribution in [2.45, 2.75) is 30.1 Å². The number of hydrogen-bond acceptors (Lipinski definition) is 8. The van der Waals surface area contributed by atoms with E-state index in [2.05, 4.69) is 20.9 Å². The number of morpholine rings is 1. The van der Waals surface area contributed by atoms with Crippen molar-refractivity contribution >= 4 is 64.4 Å². The second-order valence-corrected chi connectivity index (χ2v) is 11.7. The van der Waals surface area contributed by atoms with Crippen molar-refractivity contribution in [2.75, 3.05) is 45.1 Å². The van der Waals surface area contributed by atoms with E-state index >= 15 is 0 Å². The van der Waals surface area contributed by atoms with Crippen molar-refractivity contribution in [3.05, 3.63) is 33.3 Å². The van der Waals surface area contributed by atoms with Crippen molar-refractivity contribution in [3.63, 3.8) is 0 Å². The number of allylic oxidation sites excluding steroid dienone is 3. The Morgan fingerprint density at radius 2 is 2.11 bits per heavy atom. The fourth-order valence-electron chi connectivity index (χ4n) is 3.76. The van der Waals surface area contributed by atoms with Gasteiger partial charge in [0, 0.05) is 38.0 Å². The lowest BCUT2D eigenvalue weighted by Gasteiger charge is -2.35. The van der Waals surface area contributed by atoms with Gasteiger partial charge in [-0.25, -0.2) is 0 Å². The molecule has 1 fully saturated rings. The van der Waals surface area contributed by atoms with Gasteiger partial charge in [-0.05, 0) is 24.5 Å². The van der Waals surface area contributed by atoms with Crippen molar-refractivity contribution < 1.29 is 19.1 Å². The molecule has 194 valence electrons. The Labute approximate surface area is 224 Å². The van der Waals surface area contributed by atoms with E-state index in [0.29, 0.717) is 41.3 Å². The number of halogens is 2. The van der Waals surface area contributed by atoms with Crippen LogP contribution in [-0.2, 0) is 19.1 Å². The first-order valence-electron chi connectivity index (χ1n) is 11.4. The molecule has 35 heavy (non-hydrogen) atoms. The summed E-state index contributed by atoms with van der Waals surface area (Å²) in [5.41, 5.74) is 5.44. The molecule has 0 bridgehead atoms. The number of nitrogens with two attached hydrogens (primary N) is 1. The predicted octanol–water partition coefficient (Wildman–Crippen LogP) is 1.65. The lowest BCUT2D eigenvalue weighted by Crippen LogP contribution is -2.48. The van der Waals surface area contributed by atoms with E-state index in [9.17, 15) is 14.4 Å². The molecule has 2 unspecified atom stereocenters. The molecule has 1 saturated heterocycles. The summed E-state index contributed by atoms with van der Waals surface area (Å²) in [5, 5.41) is 11.5. The molecule has 0 radical (unpaired) electrons. The highest BCUT2D eigenvalue weighted by Gasteiger charge is 2.24. The van der Waals surface area contributed by atoms with Crippen LogP contribution in [0.2, 0.25) is 0 Å². The maximum absolute atomic E-state index is 12.3. The molecule has 5 N–H and O–H groups in total. The normalized spacial score (nSPS) is 24.6. The number of rotatable bonds is 12. The van der Waals surface area contributed by atoms with E-state index in [1.165, 1.54) is 11.8 Å². The predicted molar refractivity (Wildman–Crippen MR) is 142 cm³/mol. The van der Waals surface area contributed by atoms with Gasteiger partial charge in [0.05, 0.1) is 29.3 Å². The monoisotopic (exact) mass is 563 g/mol. The van der Waals surface area contributed by atoms with Gasteiger partial charge in [-0.2, -0.15) is 0 Å². The van der Waals surface area contributed by atoms with Gasteiger partial charge in [0.1, 0.15) is 10.4 Å². The van der Waals surface area contributed by atoms with Gasteiger partial charge in [0.2, 0.25) is 11.8 Å². The summed E-state index contributed by atoms with van der Waals surface area (Å²) in [4.78, 5) is 37.3. The van der Waals surface area contributed by atoms with E-state index < -0.39 is 5.91 Å². The minimum absolute atomic E-state index is 0.00442. The van der Waals surface area contributed by atoms with Crippen LogP contribution in [0.3, 0.4) is 0 Å². The van der Waals surface area contributed by atoms with Crippen LogP contribution in [0.5, 0.6) is 0 Å². The largest absolute Gasteiger partial charge is 0.374 e. The van der Waals surface area contributed by atoms with Gasteiger partial charge < -0.3 is 26.4 Å². The number of thioether (sulfide) groups is 2. The second kappa shape index (κ2) is 14.4. The van der Waals surface area contributed by atoms with Crippen molar-refractivity contribution in [3.8, 4) is 0 Å². The second-order valence-electron chi connectivity index (χ2n) is 8.39. The Bertz CT molecular complexity index is 886. The van der Waals surface area contributed by atoms with E-state index in [-0.39, 0.29) is 29.2 Å². The first-order valence-corrected chi connectivity index (χ1v) is 14.2. The molecule has 1 aliphatic carbocycles. The summed E-state index contributed by atoms with van der Waals surface area (Å²) in [5.74, 6) is 0.157. The fraction of sp³-hybridized carbons (Fsp3) is 0.591. The molecule has 3 amide bonds. The molecule has 3 rings (SSSR count). The Hall–Kier alpha value is -1.37. The number of primary amides is 1. The van der Waals surface area contributed by atoms with Crippen LogP contribution in [0.25, 0.3) is 0 Å².